The number of aromatic nitrogens is 2. The zero-order chi connectivity index (χ0) is 13.1. The summed E-state index contributed by atoms with van der Waals surface area (Å²) in [6.07, 6.45) is 4.09. The molecule has 3 nitrogen and oxygen atoms in total. The number of imidazole rings is 1. The summed E-state index contributed by atoms with van der Waals surface area (Å²) < 4.78 is 41.4. The van der Waals surface area contributed by atoms with Crippen LogP contribution in [0.15, 0.2) is 24.5 Å². The number of hydrogen-bond acceptors (Lipinski definition) is 2. The second-order valence-electron chi connectivity index (χ2n) is 3.81. The van der Waals surface area contributed by atoms with Crippen molar-refractivity contribution in [1.82, 2.24) is 9.55 Å². The molecule has 0 unspecified atom stereocenters. The summed E-state index contributed by atoms with van der Waals surface area (Å²) >= 11 is 0. The number of rotatable bonds is 4. The van der Waals surface area contributed by atoms with Crippen molar-refractivity contribution in [2.45, 2.75) is 19.9 Å². The van der Waals surface area contributed by atoms with Crippen LogP contribution in [0, 0.1) is 17.5 Å². The second-order valence-corrected chi connectivity index (χ2v) is 3.81. The molecule has 0 aliphatic heterocycles. The lowest BCUT2D eigenvalue weighted by Crippen LogP contribution is -2.06. The van der Waals surface area contributed by atoms with Crippen molar-refractivity contribution in [1.29, 1.82) is 0 Å². The maximum Gasteiger partial charge on any atom is 0.207 e. The molecule has 0 bridgehead atoms. The van der Waals surface area contributed by atoms with E-state index in [9.17, 15) is 13.2 Å². The van der Waals surface area contributed by atoms with Crippen LogP contribution in [-0.2, 0) is 6.54 Å². The average molecular weight is 255 g/mol. The third-order valence-electron chi connectivity index (χ3n) is 2.42. The van der Waals surface area contributed by atoms with Crippen molar-refractivity contribution in [2.24, 2.45) is 0 Å². The SMILES string of the molecule is CCCn1ccnc1Nc1c(F)cc(F)cc1F. The lowest BCUT2D eigenvalue weighted by Gasteiger charge is -2.10. The molecule has 6 heteroatoms. The molecular formula is C12H12F3N3. The van der Waals surface area contributed by atoms with Crippen LogP contribution in [0.3, 0.4) is 0 Å². The van der Waals surface area contributed by atoms with Gasteiger partial charge in [-0.25, -0.2) is 18.2 Å². The average Bonchev–Trinajstić information content (AvgIpc) is 2.71. The number of halogens is 3. The molecule has 2 rings (SSSR count). The number of nitrogens with one attached hydrogen (secondary N) is 1. The summed E-state index contributed by atoms with van der Waals surface area (Å²) in [5, 5.41) is 2.54. The molecule has 0 aliphatic rings. The Morgan fingerprint density at radius 2 is 1.89 bits per heavy atom. The Balaban J connectivity index is 2.31. The minimum absolute atomic E-state index is 0.321. The number of nitrogens with zero attached hydrogens (tertiary/aromatic N) is 2. The molecule has 18 heavy (non-hydrogen) atoms. The van der Waals surface area contributed by atoms with Crippen molar-refractivity contribution >= 4 is 11.6 Å². The molecule has 0 saturated carbocycles. The van der Waals surface area contributed by atoms with Gasteiger partial charge >= 0.3 is 0 Å². The van der Waals surface area contributed by atoms with E-state index in [1.807, 2.05) is 6.92 Å². The summed E-state index contributed by atoms with van der Waals surface area (Å²) in [4.78, 5) is 3.96. The lowest BCUT2D eigenvalue weighted by molar-refractivity contribution is 0.548. The standard InChI is InChI=1S/C12H12F3N3/c1-2-4-18-5-3-16-12(18)17-11-9(14)6-8(13)7-10(11)15/h3,5-7H,2,4H2,1H3,(H,16,17). The van der Waals surface area contributed by atoms with Gasteiger partial charge in [-0.2, -0.15) is 0 Å². The normalized spacial score (nSPS) is 10.7. The minimum atomic E-state index is -0.987. The van der Waals surface area contributed by atoms with E-state index in [4.69, 9.17) is 0 Å². The van der Waals surface area contributed by atoms with Crippen molar-refractivity contribution in [3.8, 4) is 0 Å². The van der Waals surface area contributed by atoms with Crippen molar-refractivity contribution < 1.29 is 13.2 Å². The first-order chi connectivity index (χ1) is 8.61. The zero-order valence-electron chi connectivity index (χ0n) is 9.75. The largest absolute Gasteiger partial charge is 0.321 e. The van der Waals surface area contributed by atoms with Gasteiger partial charge in [-0.1, -0.05) is 6.92 Å². The topological polar surface area (TPSA) is 29.9 Å². The summed E-state index contributed by atoms with van der Waals surface area (Å²) in [6.45, 7) is 2.65. The highest BCUT2D eigenvalue weighted by atomic mass is 19.1. The maximum absolute atomic E-state index is 13.4. The molecule has 1 heterocycles. The Hall–Kier alpha value is -1.98. The highest BCUT2D eigenvalue weighted by Crippen LogP contribution is 2.23. The Morgan fingerprint density at radius 3 is 2.50 bits per heavy atom. The van der Waals surface area contributed by atoms with E-state index in [1.165, 1.54) is 6.20 Å². The van der Waals surface area contributed by atoms with Crippen LogP contribution in [-0.4, -0.2) is 9.55 Å². The number of benzene rings is 1. The van der Waals surface area contributed by atoms with Gasteiger partial charge in [0.1, 0.15) is 11.5 Å². The second kappa shape index (κ2) is 5.12. The van der Waals surface area contributed by atoms with E-state index < -0.39 is 23.1 Å². The molecule has 0 aliphatic carbocycles. The third-order valence-corrected chi connectivity index (χ3v) is 2.42. The maximum atomic E-state index is 13.4. The predicted octanol–water partition coefficient (Wildman–Crippen LogP) is 3.45. The van der Waals surface area contributed by atoms with E-state index in [1.54, 1.807) is 10.8 Å². The summed E-state index contributed by atoms with van der Waals surface area (Å²) in [6, 6.07) is 1.25. The summed E-state index contributed by atoms with van der Waals surface area (Å²) in [7, 11) is 0. The van der Waals surface area contributed by atoms with Gasteiger partial charge in [0.2, 0.25) is 5.95 Å². The van der Waals surface area contributed by atoms with Gasteiger partial charge in [0.15, 0.2) is 11.6 Å². The Kier molecular flexibility index (Phi) is 3.55. The number of anilines is 2. The first kappa shape index (κ1) is 12.5. The van der Waals surface area contributed by atoms with Crippen LogP contribution in [0.4, 0.5) is 24.8 Å². The molecule has 0 fully saturated rings. The first-order valence-electron chi connectivity index (χ1n) is 5.54. The van der Waals surface area contributed by atoms with Crippen LogP contribution in [0.5, 0.6) is 0 Å². The molecule has 1 N–H and O–H groups in total. The van der Waals surface area contributed by atoms with Crippen molar-refractivity contribution in [3.05, 3.63) is 42.0 Å². The highest BCUT2D eigenvalue weighted by Gasteiger charge is 2.13. The van der Waals surface area contributed by atoms with Gasteiger partial charge in [-0.3, -0.25) is 0 Å². The van der Waals surface area contributed by atoms with Crippen molar-refractivity contribution in [2.75, 3.05) is 5.32 Å². The van der Waals surface area contributed by atoms with E-state index >= 15 is 0 Å². The Morgan fingerprint density at radius 1 is 1.22 bits per heavy atom. The number of hydrogen-bond donors (Lipinski definition) is 1. The smallest absolute Gasteiger partial charge is 0.207 e. The van der Waals surface area contributed by atoms with Crippen molar-refractivity contribution in [3.63, 3.8) is 0 Å². The molecule has 0 atom stereocenters. The monoisotopic (exact) mass is 255 g/mol. The quantitative estimate of drug-likeness (QED) is 0.906. The van der Waals surface area contributed by atoms with Crippen LogP contribution >= 0.6 is 0 Å². The lowest BCUT2D eigenvalue weighted by atomic mass is 10.3. The van der Waals surface area contributed by atoms with Crippen LogP contribution < -0.4 is 5.32 Å². The van der Waals surface area contributed by atoms with Gasteiger partial charge in [0.05, 0.1) is 0 Å². The van der Waals surface area contributed by atoms with Crippen LogP contribution in [0.25, 0.3) is 0 Å². The molecular weight excluding hydrogens is 243 g/mol. The molecule has 0 spiro atoms. The summed E-state index contributed by atoms with van der Waals surface area (Å²) in [5.41, 5.74) is -0.403. The van der Waals surface area contributed by atoms with Gasteiger partial charge in [-0.05, 0) is 6.42 Å². The van der Waals surface area contributed by atoms with Crippen LogP contribution in [0.2, 0.25) is 0 Å². The van der Waals surface area contributed by atoms with E-state index in [-0.39, 0.29) is 0 Å². The van der Waals surface area contributed by atoms with Gasteiger partial charge in [0.25, 0.3) is 0 Å². The fourth-order valence-electron chi connectivity index (χ4n) is 1.63. The van der Waals surface area contributed by atoms with E-state index in [0.29, 0.717) is 24.6 Å². The molecule has 2 aromatic rings. The Labute approximate surface area is 102 Å². The van der Waals surface area contributed by atoms with E-state index in [0.717, 1.165) is 6.42 Å². The van der Waals surface area contributed by atoms with Gasteiger partial charge in [0, 0.05) is 31.1 Å². The van der Waals surface area contributed by atoms with E-state index in [2.05, 4.69) is 10.3 Å². The highest BCUT2D eigenvalue weighted by molar-refractivity contribution is 5.55. The molecule has 0 saturated heterocycles. The fraction of sp³-hybridized carbons (Fsp3) is 0.250. The minimum Gasteiger partial charge on any atom is -0.321 e. The van der Waals surface area contributed by atoms with Crippen LogP contribution in [0.1, 0.15) is 13.3 Å². The zero-order valence-corrected chi connectivity index (χ0v) is 9.75. The molecule has 1 aromatic heterocycles. The Bertz CT molecular complexity index is 528. The molecule has 96 valence electrons. The predicted molar refractivity (Wildman–Crippen MR) is 62.1 cm³/mol. The summed E-state index contributed by atoms with van der Waals surface area (Å²) in [5.74, 6) is -2.61. The first-order valence-corrected chi connectivity index (χ1v) is 5.54. The molecule has 1 aromatic carbocycles. The fourth-order valence-corrected chi connectivity index (χ4v) is 1.63. The molecule has 0 amide bonds. The molecule has 0 radical (unpaired) electrons. The van der Waals surface area contributed by atoms with Gasteiger partial charge < -0.3 is 9.88 Å². The number of aryl methyl sites for hydroxylation is 1. The van der Waals surface area contributed by atoms with Gasteiger partial charge in [-0.15, -0.1) is 0 Å². The third kappa shape index (κ3) is 2.47.